The summed E-state index contributed by atoms with van der Waals surface area (Å²) in [6, 6.07) is 11.4. The van der Waals surface area contributed by atoms with Crippen LogP contribution in [0.15, 0.2) is 42.6 Å². The highest BCUT2D eigenvalue weighted by Gasteiger charge is 1.96. The predicted molar refractivity (Wildman–Crippen MR) is 51.6 cm³/mol. The van der Waals surface area contributed by atoms with E-state index in [2.05, 4.69) is 4.98 Å². The molecule has 0 spiro atoms. The molecule has 0 aliphatic rings. The van der Waals surface area contributed by atoms with E-state index in [1.807, 2.05) is 42.6 Å². The van der Waals surface area contributed by atoms with Gasteiger partial charge in [-0.25, -0.2) is 0 Å². The number of benzene rings is 1. The summed E-state index contributed by atoms with van der Waals surface area (Å²) in [5.74, 6) is 0. The fourth-order valence-corrected chi connectivity index (χ4v) is 1.25. The standard InChI is InChI=1S/C11H9NO/c13-8-9-3-5-10(6-4-9)11-2-1-7-12-11/h1-8,12H. The van der Waals surface area contributed by atoms with Crippen LogP contribution < -0.4 is 0 Å². The summed E-state index contributed by atoms with van der Waals surface area (Å²) >= 11 is 0. The van der Waals surface area contributed by atoms with Crippen LogP contribution in [0.4, 0.5) is 0 Å². The number of carbonyl (C=O) groups is 1. The van der Waals surface area contributed by atoms with E-state index in [4.69, 9.17) is 0 Å². The summed E-state index contributed by atoms with van der Waals surface area (Å²) in [5.41, 5.74) is 2.86. The number of aromatic amines is 1. The molecule has 13 heavy (non-hydrogen) atoms. The molecule has 0 saturated carbocycles. The van der Waals surface area contributed by atoms with Gasteiger partial charge in [0.25, 0.3) is 0 Å². The van der Waals surface area contributed by atoms with Gasteiger partial charge in [-0.2, -0.15) is 0 Å². The summed E-state index contributed by atoms with van der Waals surface area (Å²) < 4.78 is 0. The quantitative estimate of drug-likeness (QED) is 0.692. The van der Waals surface area contributed by atoms with Gasteiger partial charge in [-0.1, -0.05) is 24.3 Å². The molecule has 0 bridgehead atoms. The third-order valence-corrected chi connectivity index (χ3v) is 1.96. The van der Waals surface area contributed by atoms with Crippen LogP contribution in [0.5, 0.6) is 0 Å². The van der Waals surface area contributed by atoms with Crippen molar-refractivity contribution in [1.29, 1.82) is 0 Å². The number of carbonyl (C=O) groups excluding carboxylic acids is 1. The maximum atomic E-state index is 10.4. The lowest BCUT2D eigenvalue weighted by Gasteiger charge is -1.97. The van der Waals surface area contributed by atoms with E-state index >= 15 is 0 Å². The molecule has 0 aliphatic carbocycles. The van der Waals surface area contributed by atoms with Crippen LogP contribution in [-0.4, -0.2) is 11.3 Å². The van der Waals surface area contributed by atoms with Crippen molar-refractivity contribution < 1.29 is 4.79 Å². The number of aldehydes is 1. The molecule has 2 aromatic rings. The molecular formula is C11H9NO. The lowest BCUT2D eigenvalue weighted by Crippen LogP contribution is -1.80. The molecule has 1 heterocycles. The maximum Gasteiger partial charge on any atom is 0.150 e. The molecule has 0 radical (unpaired) electrons. The Morgan fingerprint density at radius 3 is 2.38 bits per heavy atom. The monoisotopic (exact) mass is 171 g/mol. The van der Waals surface area contributed by atoms with Crippen molar-refractivity contribution in [2.75, 3.05) is 0 Å². The zero-order valence-corrected chi connectivity index (χ0v) is 7.03. The van der Waals surface area contributed by atoms with Crippen molar-refractivity contribution in [2.24, 2.45) is 0 Å². The van der Waals surface area contributed by atoms with Crippen molar-refractivity contribution >= 4 is 6.29 Å². The Kier molecular flexibility index (Phi) is 1.96. The van der Waals surface area contributed by atoms with Crippen molar-refractivity contribution in [3.8, 4) is 11.3 Å². The molecule has 1 N–H and O–H groups in total. The van der Waals surface area contributed by atoms with Gasteiger partial charge >= 0.3 is 0 Å². The van der Waals surface area contributed by atoms with Crippen molar-refractivity contribution in [1.82, 2.24) is 4.98 Å². The van der Waals surface area contributed by atoms with E-state index in [1.54, 1.807) is 0 Å². The lowest BCUT2D eigenvalue weighted by atomic mass is 10.1. The third kappa shape index (κ3) is 1.51. The molecule has 0 fully saturated rings. The lowest BCUT2D eigenvalue weighted by molar-refractivity contribution is 0.112. The molecule has 0 amide bonds. The van der Waals surface area contributed by atoms with Gasteiger partial charge in [-0.3, -0.25) is 4.79 Å². The second-order valence-corrected chi connectivity index (χ2v) is 2.82. The zero-order chi connectivity index (χ0) is 9.10. The van der Waals surface area contributed by atoms with E-state index in [1.165, 1.54) is 0 Å². The van der Waals surface area contributed by atoms with Crippen LogP contribution in [0.1, 0.15) is 10.4 Å². The average Bonchev–Trinajstić information content (AvgIpc) is 2.71. The van der Waals surface area contributed by atoms with Gasteiger partial charge in [0, 0.05) is 17.5 Å². The molecule has 1 aromatic carbocycles. The second-order valence-electron chi connectivity index (χ2n) is 2.82. The Morgan fingerprint density at radius 1 is 1.08 bits per heavy atom. The number of rotatable bonds is 2. The fraction of sp³-hybridized carbons (Fsp3) is 0. The van der Waals surface area contributed by atoms with Crippen LogP contribution in [0, 0.1) is 0 Å². The first kappa shape index (κ1) is 7.80. The Hall–Kier alpha value is -1.83. The molecule has 2 nitrogen and oxygen atoms in total. The van der Waals surface area contributed by atoms with Gasteiger partial charge in [-0.15, -0.1) is 0 Å². The summed E-state index contributed by atoms with van der Waals surface area (Å²) in [5, 5.41) is 0. The van der Waals surface area contributed by atoms with Crippen molar-refractivity contribution in [3.63, 3.8) is 0 Å². The highest BCUT2D eigenvalue weighted by atomic mass is 16.1. The van der Waals surface area contributed by atoms with Gasteiger partial charge in [0.1, 0.15) is 6.29 Å². The normalized spacial score (nSPS) is 9.85. The van der Waals surface area contributed by atoms with Crippen LogP contribution in [0.2, 0.25) is 0 Å². The molecule has 0 unspecified atom stereocenters. The predicted octanol–water partition coefficient (Wildman–Crippen LogP) is 2.49. The van der Waals surface area contributed by atoms with Crippen LogP contribution in [0.3, 0.4) is 0 Å². The summed E-state index contributed by atoms with van der Waals surface area (Å²) in [6.07, 6.45) is 2.72. The minimum absolute atomic E-state index is 0.704. The van der Waals surface area contributed by atoms with Gasteiger partial charge in [0.15, 0.2) is 0 Å². The fourth-order valence-electron chi connectivity index (χ4n) is 1.25. The molecule has 1 aromatic heterocycles. The number of hydrogen-bond donors (Lipinski definition) is 1. The molecule has 0 saturated heterocycles. The van der Waals surface area contributed by atoms with Crippen molar-refractivity contribution in [3.05, 3.63) is 48.2 Å². The highest BCUT2D eigenvalue weighted by Crippen LogP contribution is 2.16. The number of aromatic nitrogens is 1. The first-order valence-corrected chi connectivity index (χ1v) is 4.09. The smallest absolute Gasteiger partial charge is 0.150 e. The molecular weight excluding hydrogens is 162 g/mol. The molecule has 64 valence electrons. The first-order chi connectivity index (χ1) is 6.40. The highest BCUT2D eigenvalue weighted by molar-refractivity contribution is 5.76. The molecule has 2 heteroatoms. The molecule has 0 atom stereocenters. The Labute approximate surface area is 76.2 Å². The number of nitrogens with one attached hydrogen (secondary N) is 1. The van der Waals surface area contributed by atoms with Crippen LogP contribution in [-0.2, 0) is 0 Å². The number of hydrogen-bond acceptors (Lipinski definition) is 1. The van der Waals surface area contributed by atoms with Gasteiger partial charge in [-0.05, 0) is 17.7 Å². The van der Waals surface area contributed by atoms with Gasteiger partial charge in [0.05, 0.1) is 0 Å². The van der Waals surface area contributed by atoms with Crippen LogP contribution in [0.25, 0.3) is 11.3 Å². The van der Waals surface area contributed by atoms with Crippen LogP contribution >= 0.6 is 0 Å². The van der Waals surface area contributed by atoms with E-state index in [-0.39, 0.29) is 0 Å². The Morgan fingerprint density at radius 2 is 1.85 bits per heavy atom. The Balaban J connectivity index is 2.38. The minimum atomic E-state index is 0.704. The average molecular weight is 171 g/mol. The van der Waals surface area contributed by atoms with Gasteiger partial charge in [0.2, 0.25) is 0 Å². The van der Waals surface area contributed by atoms with E-state index in [0.717, 1.165) is 17.5 Å². The van der Waals surface area contributed by atoms with E-state index < -0.39 is 0 Å². The van der Waals surface area contributed by atoms with Gasteiger partial charge < -0.3 is 4.98 Å². The maximum absolute atomic E-state index is 10.4. The topological polar surface area (TPSA) is 32.9 Å². The molecule has 0 aliphatic heterocycles. The third-order valence-electron chi connectivity index (χ3n) is 1.96. The van der Waals surface area contributed by atoms with E-state index in [0.29, 0.717) is 5.56 Å². The SMILES string of the molecule is O=Cc1ccc(-c2ccc[nH]2)cc1. The minimum Gasteiger partial charge on any atom is -0.361 e. The second kappa shape index (κ2) is 3.27. The summed E-state index contributed by atoms with van der Waals surface area (Å²) in [7, 11) is 0. The summed E-state index contributed by atoms with van der Waals surface area (Å²) in [6.45, 7) is 0. The first-order valence-electron chi connectivity index (χ1n) is 4.09. The summed E-state index contributed by atoms with van der Waals surface area (Å²) in [4.78, 5) is 13.5. The van der Waals surface area contributed by atoms with Crippen molar-refractivity contribution in [2.45, 2.75) is 0 Å². The Bertz CT molecular complexity index is 387. The molecule has 2 rings (SSSR count). The largest absolute Gasteiger partial charge is 0.361 e. The van der Waals surface area contributed by atoms with E-state index in [9.17, 15) is 4.79 Å². The zero-order valence-electron chi connectivity index (χ0n) is 7.03. The number of H-pyrrole nitrogens is 1.